The number of thiophene rings is 1. The van der Waals surface area contributed by atoms with E-state index in [2.05, 4.69) is 6.58 Å². The van der Waals surface area contributed by atoms with E-state index < -0.39 is 5.78 Å². The normalized spacial score (nSPS) is 11.2. The molecule has 0 unspecified atom stereocenters. The highest BCUT2D eigenvalue weighted by atomic mass is 32.1. The first-order valence-corrected chi connectivity index (χ1v) is 6.08. The molecule has 0 aliphatic carbocycles. The summed E-state index contributed by atoms with van der Waals surface area (Å²) >= 11 is 1.45. The third-order valence-corrected chi connectivity index (χ3v) is 3.14. The van der Waals surface area contributed by atoms with E-state index in [1.165, 1.54) is 17.6 Å². The van der Waals surface area contributed by atoms with Crippen LogP contribution in [0.15, 0.2) is 52.5 Å². The number of hydrogen-bond donors (Lipinski definition) is 0. The predicted molar refractivity (Wildman–Crippen MR) is 71.1 cm³/mol. The molecule has 0 bridgehead atoms. The van der Waals surface area contributed by atoms with Crippen LogP contribution in [0.5, 0.6) is 0 Å². The number of rotatable bonds is 5. The summed E-state index contributed by atoms with van der Waals surface area (Å²) < 4.78 is 5.09. The van der Waals surface area contributed by atoms with Gasteiger partial charge in [-0.3, -0.25) is 9.59 Å². The van der Waals surface area contributed by atoms with Gasteiger partial charge in [-0.25, -0.2) is 0 Å². The first kappa shape index (κ1) is 12.3. The SMILES string of the molecule is C=C(C(=O)C(C=O)=Cc1cccs1)c1ccco1. The number of carbonyl (C=O) groups is 2. The number of Topliss-reactive ketones (excluding diaryl/α,β-unsaturated/α-hetero) is 1. The van der Waals surface area contributed by atoms with Gasteiger partial charge in [-0.1, -0.05) is 12.6 Å². The first-order chi connectivity index (χ1) is 8.72. The van der Waals surface area contributed by atoms with Crippen LogP contribution in [0.1, 0.15) is 10.6 Å². The van der Waals surface area contributed by atoms with Crippen molar-refractivity contribution in [3.8, 4) is 0 Å². The Morgan fingerprint density at radius 2 is 2.17 bits per heavy atom. The molecule has 0 amide bonds. The Morgan fingerprint density at radius 3 is 2.72 bits per heavy atom. The molecule has 0 N–H and O–H groups in total. The second-order valence-electron chi connectivity index (χ2n) is 3.52. The summed E-state index contributed by atoms with van der Waals surface area (Å²) in [6.07, 6.45) is 3.54. The van der Waals surface area contributed by atoms with Gasteiger partial charge >= 0.3 is 0 Å². The maximum Gasteiger partial charge on any atom is 0.199 e. The quantitative estimate of drug-likeness (QED) is 0.358. The first-order valence-electron chi connectivity index (χ1n) is 5.20. The zero-order chi connectivity index (χ0) is 13.0. The van der Waals surface area contributed by atoms with Crippen LogP contribution in [-0.2, 0) is 9.59 Å². The standard InChI is InChI=1S/C14H10O3S/c1-10(13-5-2-6-17-13)14(16)11(9-15)8-12-4-3-7-18-12/h2-9H,1H2. The second-order valence-corrected chi connectivity index (χ2v) is 4.50. The summed E-state index contributed by atoms with van der Waals surface area (Å²) in [4.78, 5) is 23.9. The predicted octanol–water partition coefficient (Wildman–Crippen LogP) is 3.21. The Balaban J connectivity index is 2.26. The highest BCUT2D eigenvalue weighted by molar-refractivity contribution is 7.10. The molecule has 90 valence electrons. The van der Waals surface area contributed by atoms with Gasteiger partial charge in [-0.05, 0) is 29.7 Å². The van der Waals surface area contributed by atoms with Gasteiger partial charge in [0.05, 0.1) is 17.4 Å². The molecule has 4 heteroatoms. The third-order valence-electron chi connectivity index (χ3n) is 2.32. The van der Waals surface area contributed by atoms with Crippen molar-refractivity contribution in [3.05, 3.63) is 58.7 Å². The van der Waals surface area contributed by atoms with Crippen LogP contribution in [0.25, 0.3) is 11.6 Å². The molecule has 2 heterocycles. The topological polar surface area (TPSA) is 47.3 Å². The van der Waals surface area contributed by atoms with Crippen molar-refractivity contribution in [1.82, 2.24) is 0 Å². The molecule has 2 aromatic heterocycles. The van der Waals surface area contributed by atoms with E-state index >= 15 is 0 Å². The largest absolute Gasteiger partial charge is 0.464 e. The molecular weight excluding hydrogens is 248 g/mol. The third kappa shape index (κ3) is 2.55. The molecule has 0 atom stereocenters. The van der Waals surface area contributed by atoms with E-state index in [4.69, 9.17) is 4.42 Å². The molecule has 0 spiro atoms. The van der Waals surface area contributed by atoms with Crippen LogP contribution in [-0.4, -0.2) is 12.1 Å². The Morgan fingerprint density at radius 1 is 1.33 bits per heavy atom. The summed E-state index contributed by atoms with van der Waals surface area (Å²) in [7, 11) is 0. The lowest BCUT2D eigenvalue weighted by atomic mass is 10.0. The fourth-order valence-corrected chi connectivity index (χ4v) is 2.08. The van der Waals surface area contributed by atoms with Crippen LogP contribution in [0.2, 0.25) is 0 Å². The minimum absolute atomic E-state index is 0.0684. The summed E-state index contributed by atoms with van der Waals surface area (Å²) in [6, 6.07) is 6.98. The number of hydrogen-bond acceptors (Lipinski definition) is 4. The molecule has 2 rings (SSSR count). The van der Waals surface area contributed by atoms with Gasteiger partial charge in [-0.2, -0.15) is 0 Å². The van der Waals surface area contributed by atoms with E-state index in [1.807, 2.05) is 17.5 Å². The van der Waals surface area contributed by atoms with Crippen molar-refractivity contribution in [2.45, 2.75) is 0 Å². The van der Waals surface area contributed by atoms with Crippen molar-refractivity contribution in [2.75, 3.05) is 0 Å². The molecule has 0 radical (unpaired) electrons. The summed E-state index contributed by atoms with van der Waals surface area (Å²) in [6.45, 7) is 3.66. The van der Waals surface area contributed by atoms with Crippen LogP contribution >= 0.6 is 11.3 Å². The Hall–Kier alpha value is -2.20. The van der Waals surface area contributed by atoms with Gasteiger partial charge in [0.1, 0.15) is 5.76 Å². The van der Waals surface area contributed by atoms with Crippen molar-refractivity contribution in [2.24, 2.45) is 0 Å². The van der Waals surface area contributed by atoms with E-state index in [1.54, 1.807) is 18.2 Å². The molecule has 18 heavy (non-hydrogen) atoms. The van der Waals surface area contributed by atoms with E-state index in [0.717, 1.165) is 4.88 Å². The monoisotopic (exact) mass is 258 g/mol. The van der Waals surface area contributed by atoms with Crippen molar-refractivity contribution in [3.63, 3.8) is 0 Å². The van der Waals surface area contributed by atoms with Gasteiger partial charge in [-0.15, -0.1) is 11.3 Å². The summed E-state index contributed by atoms with van der Waals surface area (Å²) in [5.74, 6) is -0.0488. The van der Waals surface area contributed by atoms with Crippen LogP contribution in [0.3, 0.4) is 0 Å². The summed E-state index contributed by atoms with van der Waals surface area (Å²) in [5, 5.41) is 1.88. The molecule has 0 fully saturated rings. The molecule has 0 aromatic carbocycles. The number of carbonyl (C=O) groups excluding carboxylic acids is 2. The van der Waals surface area contributed by atoms with Crippen molar-refractivity contribution < 1.29 is 14.0 Å². The molecule has 0 saturated carbocycles. The zero-order valence-corrected chi connectivity index (χ0v) is 10.3. The second kappa shape index (κ2) is 5.42. The van der Waals surface area contributed by atoms with E-state index in [-0.39, 0.29) is 11.1 Å². The van der Waals surface area contributed by atoms with Gasteiger partial charge in [0.15, 0.2) is 12.1 Å². The molecular formula is C14H10O3S. The Labute approximate surface area is 108 Å². The lowest BCUT2D eigenvalue weighted by molar-refractivity contribution is -0.113. The molecule has 0 aliphatic heterocycles. The number of aldehydes is 1. The minimum Gasteiger partial charge on any atom is -0.464 e. The lowest BCUT2D eigenvalue weighted by Gasteiger charge is -2.00. The van der Waals surface area contributed by atoms with Crippen molar-refractivity contribution >= 4 is 35.1 Å². The maximum absolute atomic E-state index is 12.0. The molecule has 0 aliphatic rings. The minimum atomic E-state index is -0.423. The Bertz CT molecular complexity index is 589. The molecule has 3 nitrogen and oxygen atoms in total. The number of allylic oxidation sites excluding steroid dienone is 2. The highest BCUT2D eigenvalue weighted by Crippen LogP contribution is 2.20. The van der Waals surface area contributed by atoms with Gasteiger partial charge in [0.25, 0.3) is 0 Å². The van der Waals surface area contributed by atoms with Crippen LogP contribution in [0.4, 0.5) is 0 Å². The van der Waals surface area contributed by atoms with Gasteiger partial charge in [0.2, 0.25) is 0 Å². The fraction of sp³-hybridized carbons (Fsp3) is 0. The smallest absolute Gasteiger partial charge is 0.199 e. The fourth-order valence-electron chi connectivity index (χ4n) is 1.42. The Kier molecular flexibility index (Phi) is 3.69. The lowest BCUT2D eigenvalue weighted by Crippen LogP contribution is -2.05. The number of ketones is 1. The maximum atomic E-state index is 12.0. The summed E-state index contributed by atoms with van der Waals surface area (Å²) in [5.41, 5.74) is 0.244. The van der Waals surface area contributed by atoms with Crippen LogP contribution in [0, 0.1) is 0 Å². The highest BCUT2D eigenvalue weighted by Gasteiger charge is 2.16. The van der Waals surface area contributed by atoms with Crippen LogP contribution < -0.4 is 0 Å². The number of furan rings is 1. The molecule has 2 aromatic rings. The zero-order valence-electron chi connectivity index (χ0n) is 9.46. The van der Waals surface area contributed by atoms with Gasteiger partial charge in [0, 0.05) is 4.88 Å². The average molecular weight is 258 g/mol. The van der Waals surface area contributed by atoms with Crippen molar-refractivity contribution in [1.29, 1.82) is 0 Å². The van der Waals surface area contributed by atoms with E-state index in [9.17, 15) is 9.59 Å². The van der Waals surface area contributed by atoms with Gasteiger partial charge < -0.3 is 4.42 Å². The molecule has 0 saturated heterocycles. The average Bonchev–Trinajstić information content (AvgIpc) is 3.06. The van der Waals surface area contributed by atoms with E-state index in [0.29, 0.717) is 12.0 Å².